The monoisotopic (exact) mass is 750 g/mol. The number of ether oxygens (including phenoxy) is 3. The van der Waals surface area contributed by atoms with Gasteiger partial charge in [0.2, 0.25) is 0 Å². The van der Waals surface area contributed by atoms with E-state index < -0.39 is 84.2 Å². The summed E-state index contributed by atoms with van der Waals surface area (Å²) >= 11 is 0. The highest BCUT2D eigenvalue weighted by Crippen LogP contribution is 2.71. The SMILES string of the molecule is CC1CCC2(C(O)C3OC(C(=O)O)C(C)OC3O)CCC3C(=CCC4C3(C)CCC3C4(C)CCC(CC4OC(C(=O)O)C(O)C(O)C4O)[C@@]3(C)O)C2C1. The van der Waals surface area contributed by atoms with Gasteiger partial charge >= 0.3 is 11.9 Å². The summed E-state index contributed by atoms with van der Waals surface area (Å²) in [6, 6.07) is 0. The molecule has 0 amide bonds. The normalized spacial score (nSPS) is 54.6. The number of carbonyl (C=O) groups is 2. The number of carboxylic acids is 2. The van der Waals surface area contributed by atoms with Crippen molar-refractivity contribution in [2.45, 2.75) is 172 Å². The molecule has 6 fully saturated rings. The van der Waals surface area contributed by atoms with Crippen molar-refractivity contribution in [3.8, 4) is 0 Å². The van der Waals surface area contributed by atoms with Crippen molar-refractivity contribution in [1.82, 2.24) is 0 Å². The lowest BCUT2D eigenvalue weighted by atomic mass is 9.37. The lowest BCUT2D eigenvalue weighted by Crippen LogP contribution is -2.66. The lowest BCUT2D eigenvalue weighted by Gasteiger charge is -2.68. The van der Waals surface area contributed by atoms with E-state index in [2.05, 4.69) is 26.8 Å². The molecule has 7 rings (SSSR count). The second-order valence-electron chi connectivity index (χ2n) is 19.0. The van der Waals surface area contributed by atoms with Crippen LogP contribution in [0.25, 0.3) is 0 Å². The van der Waals surface area contributed by atoms with E-state index in [9.17, 15) is 50.4 Å². The second-order valence-corrected chi connectivity index (χ2v) is 19.0. The van der Waals surface area contributed by atoms with Gasteiger partial charge in [0.25, 0.3) is 0 Å². The van der Waals surface area contributed by atoms with Gasteiger partial charge in [-0.25, -0.2) is 9.59 Å². The molecule has 53 heavy (non-hydrogen) atoms. The van der Waals surface area contributed by atoms with E-state index >= 15 is 0 Å². The third kappa shape index (κ3) is 6.05. The molecule has 0 radical (unpaired) electrons. The Labute approximate surface area is 311 Å². The quantitative estimate of drug-likeness (QED) is 0.183. The first-order chi connectivity index (χ1) is 24.8. The van der Waals surface area contributed by atoms with Crippen molar-refractivity contribution < 1.29 is 64.7 Å². The summed E-state index contributed by atoms with van der Waals surface area (Å²) in [5.74, 6) is -1.97. The van der Waals surface area contributed by atoms with Crippen molar-refractivity contribution in [2.24, 2.45) is 51.8 Å². The van der Waals surface area contributed by atoms with Crippen LogP contribution in [-0.2, 0) is 23.8 Å². The zero-order valence-corrected chi connectivity index (χ0v) is 31.7. The molecule has 19 unspecified atom stereocenters. The maximum Gasteiger partial charge on any atom is 0.335 e. The largest absolute Gasteiger partial charge is 0.479 e. The molecule has 4 saturated carbocycles. The minimum atomic E-state index is -1.76. The van der Waals surface area contributed by atoms with E-state index in [-0.39, 0.29) is 46.8 Å². The highest BCUT2D eigenvalue weighted by atomic mass is 16.7. The Morgan fingerprint density at radius 1 is 0.792 bits per heavy atom. The van der Waals surface area contributed by atoms with Gasteiger partial charge in [0.05, 0.1) is 23.9 Å². The predicted molar refractivity (Wildman–Crippen MR) is 188 cm³/mol. The van der Waals surface area contributed by atoms with E-state index in [1.54, 1.807) is 6.92 Å². The van der Waals surface area contributed by atoms with Crippen molar-refractivity contribution in [3.05, 3.63) is 11.6 Å². The Hall–Kier alpha value is -1.68. The fourth-order valence-corrected chi connectivity index (χ4v) is 13.6. The molecule has 13 heteroatoms. The molecule has 7 aliphatic rings. The standard InChI is InChI=1S/C40H62O13/c1-18-8-14-40(33(44)32-36(49)51-19(2)30(53-32)34(45)46)15-10-22-21(23(40)16-18)6-7-25-37(22,3)13-11-26-38(25,4)12-9-20(39(26,5)50)17-24-27(41)28(42)29(43)31(52-24)35(47)48/h6,18-20,22-33,36,41-44,49-50H,7-17H2,1-5H3,(H,45,46)(H,47,48)/t18?,19?,20?,22?,23?,24?,25?,26?,27?,28?,29?,30?,31?,32?,33?,36?,37?,38?,39-,40?/m1/s1. The number of aliphatic hydroxyl groups is 6. The first-order valence-electron chi connectivity index (χ1n) is 20.0. The van der Waals surface area contributed by atoms with Crippen molar-refractivity contribution in [1.29, 1.82) is 0 Å². The molecule has 13 nitrogen and oxygen atoms in total. The van der Waals surface area contributed by atoms with E-state index in [4.69, 9.17) is 14.2 Å². The molecule has 8 N–H and O–H groups in total. The molecule has 0 aromatic rings. The highest BCUT2D eigenvalue weighted by molar-refractivity contribution is 5.73. The second kappa shape index (κ2) is 13.8. The van der Waals surface area contributed by atoms with Gasteiger partial charge in [-0.2, -0.15) is 0 Å². The Morgan fingerprint density at radius 2 is 1.45 bits per heavy atom. The van der Waals surface area contributed by atoms with Gasteiger partial charge in [-0.15, -0.1) is 0 Å². The summed E-state index contributed by atoms with van der Waals surface area (Å²) < 4.78 is 17.2. The molecule has 20 atom stereocenters. The number of fused-ring (bicyclic) bond motifs is 7. The zero-order valence-electron chi connectivity index (χ0n) is 31.7. The number of hydrogen-bond donors (Lipinski definition) is 8. The van der Waals surface area contributed by atoms with Crippen LogP contribution in [0, 0.1) is 51.8 Å². The van der Waals surface area contributed by atoms with Crippen LogP contribution in [0.4, 0.5) is 0 Å². The van der Waals surface area contributed by atoms with Crippen molar-refractivity contribution in [3.63, 3.8) is 0 Å². The first kappa shape index (κ1) is 39.6. The van der Waals surface area contributed by atoms with Crippen LogP contribution in [0.2, 0.25) is 0 Å². The molecular formula is C40H62O13. The Morgan fingerprint density at radius 3 is 2.13 bits per heavy atom. The summed E-state index contributed by atoms with van der Waals surface area (Å²) in [5, 5.41) is 86.4. The van der Waals surface area contributed by atoms with Crippen molar-refractivity contribution >= 4 is 11.9 Å². The van der Waals surface area contributed by atoms with E-state index in [0.717, 1.165) is 57.8 Å². The van der Waals surface area contributed by atoms with Crippen molar-refractivity contribution in [2.75, 3.05) is 0 Å². The first-order valence-corrected chi connectivity index (χ1v) is 20.0. The molecule has 2 aliphatic heterocycles. The number of rotatable bonds is 6. The van der Waals surface area contributed by atoms with E-state index in [1.807, 2.05) is 6.92 Å². The summed E-state index contributed by atoms with van der Waals surface area (Å²) in [6.07, 6.45) is -2.85. The average molecular weight is 751 g/mol. The number of aliphatic hydroxyl groups excluding tert-OH is 5. The smallest absolute Gasteiger partial charge is 0.335 e. The zero-order chi connectivity index (χ0) is 38.6. The van der Waals surface area contributed by atoms with Gasteiger partial charge < -0.3 is 55.1 Å². The van der Waals surface area contributed by atoms with E-state index in [1.165, 1.54) is 5.57 Å². The number of aliphatic carboxylic acids is 2. The molecule has 0 spiro atoms. The van der Waals surface area contributed by atoms with Gasteiger partial charge in [0.15, 0.2) is 18.5 Å². The van der Waals surface area contributed by atoms with Gasteiger partial charge in [-0.05, 0) is 124 Å². The highest BCUT2D eigenvalue weighted by Gasteiger charge is 2.67. The van der Waals surface area contributed by atoms with Crippen LogP contribution < -0.4 is 0 Å². The van der Waals surface area contributed by atoms with Crippen LogP contribution in [-0.4, -0.2) is 120 Å². The lowest BCUT2D eigenvalue weighted by molar-refractivity contribution is -0.310. The van der Waals surface area contributed by atoms with Crippen LogP contribution in [0.15, 0.2) is 11.6 Å². The summed E-state index contributed by atoms with van der Waals surface area (Å²) in [7, 11) is 0. The number of carboxylic acid groups (broad SMARTS) is 2. The molecule has 300 valence electrons. The maximum absolute atomic E-state index is 12.4. The number of hydrogen-bond acceptors (Lipinski definition) is 11. The predicted octanol–water partition coefficient (Wildman–Crippen LogP) is 2.61. The summed E-state index contributed by atoms with van der Waals surface area (Å²) in [5.41, 5.74) is -0.654. The Balaban J connectivity index is 1.14. The van der Waals surface area contributed by atoms with Gasteiger partial charge in [-0.3, -0.25) is 0 Å². The molecule has 2 heterocycles. The summed E-state index contributed by atoms with van der Waals surface area (Å²) in [6.45, 7) is 10.4. The van der Waals surface area contributed by atoms with Crippen LogP contribution >= 0.6 is 0 Å². The Kier molecular flexibility index (Phi) is 10.3. The third-order valence-corrected chi connectivity index (χ3v) is 16.4. The van der Waals surface area contributed by atoms with Gasteiger partial charge in [0, 0.05) is 5.41 Å². The third-order valence-electron chi connectivity index (χ3n) is 16.4. The fraction of sp³-hybridized carbons (Fsp3) is 0.900. The maximum atomic E-state index is 12.4. The Bertz CT molecular complexity index is 1450. The average Bonchev–Trinajstić information content (AvgIpc) is 3.08. The molecule has 0 bridgehead atoms. The fourth-order valence-electron chi connectivity index (χ4n) is 13.6. The summed E-state index contributed by atoms with van der Waals surface area (Å²) in [4.78, 5) is 23.8. The minimum Gasteiger partial charge on any atom is -0.479 e. The molecule has 0 aromatic carbocycles. The molecule has 5 aliphatic carbocycles. The van der Waals surface area contributed by atoms with Gasteiger partial charge in [0.1, 0.15) is 24.4 Å². The van der Waals surface area contributed by atoms with Crippen LogP contribution in [0.3, 0.4) is 0 Å². The van der Waals surface area contributed by atoms with Gasteiger partial charge in [-0.1, -0.05) is 38.8 Å². The van der Waals surface area contributed by atoms with E-state index in [0.29, 0.717) is 12.3 Å². The van der Waals surface area contributed by atoms with Crippen LogP contribution in [0.5, 0.6) is 0 Å². The molecule has 2 saturated heterocycles. The number of allylic oxidation sites excluding steroid dienone is 2. The minimum absolute atomic E-state index is 0.0472. The topological polar surface area (TPSA) is 224 Å². The molecule has 0 aromatic heterocycles. The van der Waals surface area contributed by atoms with Crippen LogP contribution in [0.1, 0.15) is 105 Å². The molecular weight excluding hydrogens is 688 g/mol.